The summed E-state index contributed by atoms with van der Waals surface area (Å²) < 4.78 is 202. The van der Waals surface area contributed by atoms with Gasteiger partial charge in [-0.1, -0.05) is 96.8 Å². The molecule has 264 valence electrons. The van der Waals surface area contributed by atoms with E-state index in [4.69, 9.17) is 0 Å². The Kier molecular flexibility index (Phi) is 16.7. The van der Waals surface area contributed by atoms with Crippen molar-refractivity contribution in [1.82, 2.24) is 0 Å². The Morgan fingerprint density at radius 2 is 0.773 bits per heavy atom. The summed E-state index contributed by atoms with van der Waals surface area (Å²) in [7, 11) is 0. The van der Waals surface area contributed by atoms with Crippen molar-refractivity contribution in [2.24, 2.45) is 0 Å². The molecule has 0 aromatic rings. The monoisotopic (exact) mass is 680 g/mol. The van der Waals surface area contributed by atoms with Crippen LogP contribution in [0.15, 0.2) is 0 Å². The van der Waals surface area contributed by atoms with Crippen LogP contribution in [0.5, 0.6) is 0 Å². The molecule has 0 radical (unpaired) electrons. The van der Waals surface area contributed by atoms with Gasteiger partial charge in [0.1, 0.15) is 0 Å². The zero-order valence-corrected chi connectivity index (χ0v) is 24.2. The second-order valence-electron chi connectivity index (χ2n) is 10.7. The summed E-state index contributed by atoms with van der Waals surface area (Å²) in [6, 6.07) is 0. The van der Waals surface area contributed by atoms with Crippen LogP contribution in [0.2, 0.25) is 0 Å². The molecule has 0 fully saturated rings. The third-order valence-electron chi connectivity index (χ3n) is 7.06. The molecule has 0 heterocycles. The first kappa shape index (κ1) is 42.4. The predicted molar refractivity (Wildman–Crippen MR) is 131 cm³/mol. The molecule has 2 nitrogen and oxygen atoms in total. The number of hydrogen-bond donors (Lipinski definition) is 0. The maximum atomic E-state index is 13.8. The minimum atomic E-state index is -8.32. The van der Waals surface area contributed by atoms with Gasteiger partial charge < -0.3 is 4.74 Å². The second-order valence-corrected chi connectivity index (χ2v) is 10.7. The Labute approximate surface area is 246 Å². The van der Waals surface area contributed by atoms with Crippen LogP contribution >= 0.6 is 0 Å². The predicted octanol–water partition coefficient (Wildman–Crippen LogP) is 11.6. The Morgan fingerprint density at radius 3 is 1.14 bits per heavy atom. The Bertz CT molecular complexity index is 827. The lowest BCUT2D eigenvalue weighted by atomic mass is 9.90. The summed E-state index contributed by atoms with van der Waals surface area (Å²) >= 11 is 0. The zero-order chi connectivity index (χ0) is 34.5. The Hall–Kier alpha value is -1.58. The highest BCUT2D eigenvalue weighted by atomic mass is 19.4. The molecule has 0 rings (SSSR count). The average Bonchev–Trinajstić information content (AvgIpc) is 2.89. The molecule has 0 saturated heterocycles. The maximum absolute atomic E-state index is 13.8. The Morgan fingerprint density at radius 1 is 0.455 bits per heavy atom. The van der Waals surface area contributed by atoms with E-state index in [0.717, 1.165) is 32.1 Å². The number of carbonyl (C=O) groups excluding carboxylic acids is 1. The molecule has 0 spiro atoms. The van der Waals surface area contributed by atoms with Crippen LogP contribution in [-0.4, -0.2) is 54.3 Å². The lowest BCUT2D eigenvalue weighted by Crippen LogP contribution is -2.72. The van der Waals surface area contributed by atoms with Gasteiger partial charge in [-0.15, -0.1) is 0 Å². The molecule has 0 atom stereocenters. The second kappa shape index (κ2) is 17.4. The highest BCUT2D eigenvalue weighted by molar-refractivity contribution is 5.69. The summed E-state index contributed by atoms with van der Waals surface area (Å²) in [6.07, 6.45) is 4.16. The van der Waals surface area contributed by atoms with Gasteiger partial charge in [-0.25, -0.2) is 0 Å². The van der Waals surface area contributed by atoms with Crippen molar-refractivity contribution in [1.29, 1.82) is 0 Å². The van der Waals surface area contributed by atoms with Crippen molar-refractivity contribution in [2.75, 3.05) is 6.61 Å². The molecule has 0 amide bonds. The van der Waals surface area contributed by atoms with Crippen molar-refractivity contribution in [2.45, 2.75) is 158 Å². The number of hydrogen-bond acceptors (Lipinski definition) is 2. The summed E-state index contributed by atoms with van der Waals surface area (Å²) in [5.41, 5.74) is 0. The quantitative estimate of drug-likeness (QED) is 0.0576. The van der Waals surface area contributed by atoms with E-state index in [-0.39, 0.29) is 6.42 Å². The van der Waals surface area contributed by atoms with Gasteiger partial charge in [0, 0.05) is 6.42 Å². The standard InChI is InChI=1S/C27H39F15O2/c1-2-3-4-5-6-7-8-9-10-11-12-13-14-15-16-17-20(43)44-19-18-21(28,29)22(30,31)23(32,33)24(34,35)25(36,37)26(38,39)27(40,41)42/h2-19H2,1H3. The normalized spacial score (nSPS) is 14.3. The smallest absolute Gasteiger partial charge is 0.460 e. The number of halogens is 15. The van der Waals surface area contributed by atoms with Gasteiger partial charge in [-0.3, -0.25) is 4.79 Å². The van der Waals surface area contributed by atoms with E-state index in [9.17, 15) is 70.7 Å². The van der Waals surface area contributed by atoms with Crippen LogP contribution in [0.4, 0.5) is 65.9 Å². The van der Waals surface area contributed by atoms with Gasteiger partial charge in [-0.2, -0.15) is 65.9 Å². The molecule has 0 bridgehead atoms. The third-order valence-corrected chi connectivity index (χ3v) is 7.06. The molecule has 0 aliphatic carbocycles. The van der Waals surface area contributed by atoms with E-state index in [1.54, 1.807) is 0 Å². The lowest BCUT2D eigenvalue weighted by molar-refractivity contribution is -0.452. The zero-order valence-electron chi connectivity index (χ0n) is 24.2. The highest BCUT2D eigenvalue weighted by Gasteiger charge is 2.93. The molecule has 0 aliphatic heterocycles. The fraction of sp³-hybridized carbons (Fsp3) is 0.963. The number of alkyl halides is 15. The highest BCUT2D eigenvalue weighted by Crippen LogP contribution is 2.62. The van der Waals surface area contributed by atoms with Gasteiger partial charge >= 0.3 is 47.7 Å². The number of unbranched alkanes of at least 4 members (excludes halogenated alkanes) is 14. The van der Waals surface area contributed by atoms with Gasteiger partial charge in [-0.05, 0) is 6.42 Å². The van der Waals surface area contributed by atoms with Crippen LogP contribution in [0.3, 0.4) is 0 Å². The van der Waals surface area contributed by atoms with Gasteiger partial charge in [0.2, 0.25) is 0 Å². The van der Waals surface area contributed by atoms with E-state index in [2.05, 4.69) is 11.7 Å². The van der Waals surface area contributed by atoms with E-state index in [1.165, 1.54) is 44.9 Å². The first-order chi connectivity index (χ1) is 20.0. The van der Waals surface area contributed by atoms with E-state index >= 15 is 0 Å². The Balaban J connectivity index is 4.58. The molecule has 44 heavy (non-hydrogen) atoms. The van der Waals surface area contributed by atoms with Crippen LogP contribution in [0, 0.1) is 0 Å². The molecule has 0 N–H and O–H groups in total. The van der Waals surface area contributed by atoms with Crippen molar-refractivity contribution in [3.63, 3.8) is 0 Å². The molecule has 0 unspecified atom stereocenters. The van der Waals surface area contributed by atoms with Crippen molar-refractivity contribution < 1.29 is 75.4 Å². The molecular formula is C27H39F15O2. The summed E-state index contributed by atoms with van der Waals surface area (Å²) in [4.78, 5) is 11.6. The first-order valence-corrected chi connectivity index (χ1v) is 14.4. The number of esters is 1. The fourth-order valence-corrected chi connectivity index (χ4v) is 4.16. The first-order valence-electron chi connectivity index (χ1n) is 14.4. The average molecular weight is 681 g/mol. The maximum Gasteiger partial charge on any atom is 0.460 e. The summed E-state index contributed by atoms with van der Waals surface area (Å²) in [5, 5.41) is 0. The van der Waals surface area contributed by atoms with E-state index < -0.39 is 67.1 Å². The van der Waals surface area contributed by atoms with Crippen LogP contribution in [0.1, 0.15) is 116 Å². The number of carbonyl (C=O) groups is 1. The van der Waals surface area contributed by atoms with Gasteiger partial charge in [0.05, 0.1) is 13.0 Å². The van der Waals surface area contributed by atoms with Crippen molar-refractivity contribution in [3.05, 3.63) is 0 Å². The van der Waals surface area contributed by atoms with E-state index in [1.807, 2.05) is 0 Å². The van der Waals surface area contributed by atoms with Gasteiger partial charge in [0.15, 0.2) is 0 Å². The molecular weight excluding hydrogens is 641 g/mol. The molecule has 17 heteroatoms. The summed E-state index contributed by atoms with van der Waals surface area (Å²) in [6.45, 7) is 0.346. The summed E-state index contributed by atoms with van der Waals surface area (Å²) in [5.74, 6) is -48.0. The topological polar surface area (TPSA) is 26.3 Å². The minimum absolute atomic E-state index is 0.163. The van der Waals surface area contributed by atoms with E-state index in [0.29, 0.717) is 12.8 Å². The molecule has 0 aromatic heterocycles. The number of ether oxygens (including phenoxy) is 1. The van der Waals surface area contributed by atoms with Crippen molar-refractivity contribution in [3.8, 4) is 0 Å². The van der Waals surface area contributed by atoms with Crippen LogP contribution in [-0.2, 0) is 9.53 Å². The molecule has 0 aromatic carbocycles. The van der Waals surface area contributed by atoms with Crippen LogP contribution < -0.4 is 0 Å². The lowest BCUT2D eigenvalue weighted by Gasteiger charge is -2.41. The minimum Gasteiger partial charge on any atom is -0.465 e. The van der Waals surface area contributed by atoms with Crippen molar-refractivity contribution >= 4 is 5.97 Å². The third kappa shape index (κ3) is 10.8. The largest absolute Gasteiger partial charge is 0.465 e. The van der Waals surface area contributed by atoms with Crippen LogP contribution in [0.25, 0.3) is 0 Å². The SMILES string of the molecule is CCCCCCCCCCCCCCCCCC(=O)OCCC(F)(F)C(F)(F)C(F)(F)C(F)(F)C(F)(F)C(F)(F)C(F)(F)F. The van der Waals surface area contributed by atoms with Gasteiger partial charge in [0.25, 0.3) is 0 Å². The molecule has 0 saturated carbocycles. The fourth-order valence-electron chi connectivity index (χ4n) is 4.16. The number of rotatable bonds is 24. The molecule has 0 aliphatic rings.